The van der Waals surface area contributed by atoms with Gasteiger partial charge in [0, 0.05) is 25.0 Å². The van der Waals surface area contributed by atoms with Crippen molar-refractivity contribution in [1.29, 1.82) is 0 Å². The summed E-state index contributed by atoms with van der Waals surface area (Å²) in [5.74, 6) is 0.417. The first-order chi connectivity index (χ1) is 5.06. The maximum Gasteiger partial charge on any atom is 0.122 e. The molecule has 0 aliphatic heterocycles. The lowest BCUT2D eigenvalue weighted by atomic mass is 10.3. The summed E-state index contributed by atoms with van der Waals surface area (Å²) in [4.78, 5) is 0. The van der Waals surface area contributed by atoms with Gasteiger partial charge in [0.05, 0.1) is 0 Å². The molecule has 1 aliphatic rings. The molecule has 66 valence electrons. The second-order valence-electron chi connectivity index (χ2n) is 3.21. The molecule has 4 heteroatoms. The largest absolute Gasteiger partial charge is 0.329 e. The molecular weight excluding hydrogens is 183 g/mol. The molecule has 0 spiro atoms. The molecule has 1 rings (SSSR count). The molecule has 11 heavy (non-hydrogen) atoms. The molecular formula is C7H14Cl2N2. The van der Waals surface area contributed by atoms with Gasteiger partial charge < -0.3 is 11.1 Å². The summed E-state index contributed by atoms with van der Waals surface area (Å²) in [5, 5.41) is 3.26. The first-order valence-corrected chi connectivity index (χ1v) is 4.63. The van der Waals surface area contributed by atoms with Crippen LogP contribution in [0.3, 0.4) is 0 Å². The van der Waals surface area contributed by atoms with E-state index in [0.29, 0.717) is 18.5 Å². The van der Waals surface area contributed by atoms with Crippen molar-refractivity contribution in [2.24, 2.45) is 11.7 Å². The molecule has 1 saturated carbocycles. The zero-order valence-electron chi connectivity index (χ0n) is 6.61. The van der Waals surface area contributed by atoms with Gasteiger partial charge in [0.25, 0.3) is 0 Å². The lowest BCUT2D eigenvalue weighted by Crippen LogP contribution is -2.35. The minimum absolute atomic E-state index is 0.361. The molecule has 0 aromatic rings. The van der Waals surface area contributed by atoms with E-state index in [1.165, 1.54) is 0 Å². The summed E-state index contributed by atoms with van der Waals surface area (Å²) in [6.07, 6.45) is 0.903. The van der Waals surface area contributed by atoms with E-state index in [0.717, 1.165) is 13.0 Å². The quantitative estimate of drug-likeness (QED) is 0.662. The normalized spacial score (nSPS) is 30.0. The van der Waals surface area contributed by atoms with Crippen molar-refractivity contribution < 1.29 is 0 Å². The van der Waals surface area contributed by atoms with Gasteiger partial charge in [0.1, 0.15) is 4.33 Å². The van der Waals surface area contributed by atoms with Crippen LogP contribution < -0.4 is 11.1 Å². The Hall–Kier alpha value is 0.500. The second-order valence-corrected chi connectivity index (χ2v) is 4.75. The summed E-state index contributed by atoms with van der Waals surface area (Å²) in [6.45, 7) is 3.59. The highest BCUT2D eigenvalue weighted by atomic mass is 35.5. The van der Waals surface area contributed by atoms with E-state index in [2.05, 4.69) is 5.32 Å². The molecule has 1 aliphatic carbocycles. The van der Waals surface area contributed by atoms with Gasteiger partial charge in [0.15, 0.2) is 0 Å². The standard InChI is InChI=1S/C7H14Cl2N2/c1-5(3-10)11-4-6-2-7(6,8)9/h5-6,11H,2-4,10H2,1H3. The van der Waals surface area contributed by atoms with Gasteiger partial charge in [-0.05, 0) is 13.3 Å². The zero-order chi connectivity index (χ0) is 8.48. The minimum Gasteiger partial charge on any atom is -0.329 e. The summed E-state index contributed by atoms with van der Waals surface area (Å²) < 4.78 is -0.457. The fraction of sp³-hybridized carbons (Fsp3) is 1.00. The maximum absolute atomic E-state index is 5.83. The van der Waals surface area contributed by atoms with Crippen LogP contribution in [0, 0.1) is 5.92 Å². The highest BCUT2D eigenvalue weighted by Gasteiger charge is 2.51. The summed E-state index contributed by atoms with van der Waals surface area (Å²) in [6, 6.07) is 0.361. The summed E-state index contributed by atoms with van der Waals surface area (Å²) in [7, 11) is 0. The topological polar surface area (TPSA) is 38.0 Å². The monoisotopic (exact) mass is 196 g/mol. The number of alkyl halides is 2. The molecule has 0 radical (unpaired) electrons. The van der Waals surface area contributed by atoms with E-state index in [1.54, 1.807) is 0 Å². The molecule has 0 aromatic carbocycles. The summed E-state index contributed by atoms with van der Waals surface area (Å²) >= 11 is 11.7. The molecule has 2 unspecified atom stereocenters. The van der Waals surface area contributed by atoms with E-state index in [9.17, 15) is 0 Å². The number of nitrogens with two attached hydrogens (primary N) is 1. The Balaban J connectivity index is 2.06. The van der Waals surface area contributed by atoms with Gasteiger partial charge in [-0.3, -0.25) is 0 Å². The molecule has 2 atom stereocenters. The average Bonchev–Trinajstić information content (AvgIpc) is 2.54. The maximum atomic E-state index is 5.83. The minimum atomic E-state index is -0.457. The van der Waals surface area contributed by atoms with Gasteiger partial charge in [0.2, 0.25) is 0 Å². The van der Waals surface area contributed by atoms with Crippen LogP contribution in [0.1, 0.15) is 13.3 Å². The van der Waals surface area contributed by atoms with Gasteiger partial charge in [-0.15, -0.1) is 23.2 Å². The summed E-state index contributed by atoms with van der Waals surface area (Å²) in [5.41, 5.74) is 5.42. The number of halogens is 2. The Morgan fingerprint density at radius 1 is 1.73 bits per heavy atom. The van der Waals surface area contributed by atoms with Crippen molar-refractivity contribution in [3.8, 4) is 0 Å². The van der Waals surface area contributed by atoms with E-state index in [4.69, 9.17) is 28.9 Å². The predicted octanol–water partition coefficient (Wildman–Crippen LogP) is 1.12. The Morgan fingerprint density at radius 2 is 2.27 bits per heavy atom. The first kappa shape index (κ1) is 9.59. The van der Waals surface area contributed by atoms with Crippen LogP contribution >= 0.6 is 23.2 Å². The van der Waals surface area contributed by atoms with Gasteiger partial charge in [-0.2, -0.15) is 0 Å². The number of rotatable bonds is 4. The Kier molecular flexibility index (Phi) is 3.03. The third-order valence-corrected chi connectivity index (χ3v) is 2.95. The number of hydrogen-bond donors (Lipinski definition) is 2. The molecule has 0 saturated heterocycles. The van der Waals surface area contributed by atoms with Gasteiger partial charge in [-0.25, -0.2) is 0 Å². The lowest BCUT2D eigenvalue weighted by Gasteiger charge is -2.10. The van der Waals surface area contributed by atoms with E-state index < -0.39 is 4.33 Å². The van der Waals surface area contributed by atoms with Crippen molar-refractivity contribution in [2.75, 3.05) is 13.1 Å². The molecule has 0 amide bonds. The fourth-order valence-electron chi connectivity index (χ4n) is 0.918. The smallest absolute Gasteiger partial charge is 0.122 e. The fourth-order valence-corrected chi connectivity index (χ4v) is 1.44. The van der Waals surface area contributed by atoms with Crippen LogP contribution in [0.5, 0.6) is 0 Å². The molecule has 0 aromatic heterocycles. The van der Waals surface area contributed by atoms with Crippen molar-refractivity contribution in [2.45, 2.75) is 23.7 Å². The van der Waals surface area contributed by atoms with E-state index >= 15 is 0 Å². The van der Waals surface area contributed by atoms with Crippen LogP contribution in [0.25, 0.3) is 0 Å². The molecule has 2 nitrogen and oxygen atoms in total. The van der Waals surface area contributed by atoms with E-state index in [-0.39, 0.29) is 0 Å². The highest BCUT2D eigenvalue weighted by Crippen LogP contribution is 2.52. The molecule has 0 heterocycles. The molecule has 3 N–H and O–H groups in total. The first-order valence-electron chi connectivity index (χ1n) is 3.87. The average molecular weight is 197 g/mol. The van der Waals surface area contributed by atoms with Crippen molar-refractivity contribution in [3.63, 3.8) is 0 Å². The zero-order valence-corrected chi connectivity index (χ0v) is 8.12. The van der Waals surface area contributed by atoms with Gasteiger partial charge in [-0.1, -0.05) is 0 Å². The number of nitrogens with one attached hydrogen (secondary N) is 1. The predicted molar refractivity (Wildman–Crippen MR) is 49.1 cm³/mol. The van der Waals surface area contributed by atoms with Crippen molar-refractivity contribution >= 4 is 23.2 Å². The second kappa shape index (κ2) is 3.48. The van der Waals surface area contributed by atoms with Crippen molar-refractivity contribution in [3.05, 3.63) is 0 Å². The molecule has 1 fully saturated rings. The Bertz CT molecular complexity index is 138. The van der Waals surface area contributed by atoms with Crippen LogP contribution in [-0.4, -0.2) is 23.5 Å². The Labute approximate surface area is 77.4 Å². The van der Waals surface area contributed by atoms with Crippen LogP contribution in [0.4, 0.5) is 0 Å². The van der Waals surface area contributed by atoms with Crippen LogP contribution in [-0.2, 0) is 0 Å². The van der Waals surface area contributed by atoms with Crippen LogP contribution in [0.2, 0.25) is 0 Å². The highest BCUT2D eigenvalue weighted by molar-refractivity contribution is 6.50. The van der Waals surface area contributed by atoms with E-state index in [1.807, 2.05) is 6.92 Å². The SMILES string of the molecule is CC(CN)NCC1CC1(Cl)Cl. The third kappa shape index (κ3) is 2.79. The van der Waals surface area contributed by atoms with Crippen LogP contribution in [0.15, 0.2) is 0 Å². The lowest BCUT2D eigenvalue weighted by molar-refractivity contribution is 0.533. The number of hydrogen-bond acceptors (Lipinski definition) is 2. The third-order valence-electron chi connectivity index (χ3n) is 2.02. The molecule has 0 bridgehead atoms. The van der Waals surface area contributed by atoms with Gasteiger partial charge >= 0.3 is 0 Å². The Morgan fingerprint density at radius 3 is 2.64 bits per heavy atom. The van der Waals surface area contributed by atoms with Crippen molar-refractivity contribution in [1.82, 2.24) is 5.32 Å².